The standard InChI is InChI=1S/C15H22N2OS/c1-12-5-4-6-13(11-12)14(16(2)3)15(18)17-7-9-19-10-8-17/h4-6,11,14H,7-10H2,1-3H3. The van der Waals surface area contributed by atoms with E-state index in [4.69, 9.17) is 0 Å². The summed E-state index contributed by atoms with van der Waals surface area (Å²) in [7, 11) is 3.95. The zero-order chi connectivity index (χ0) is 13.8. The van der Waals surface area contributed by atoms with Crippen molar-refractivity contribution >= 4 is 17.7 Å². The van der Waals surface area contributed by atoms with Crippen LogP contribution >= 0.6 is 11.8 Å². The Morgan fingerprint density at radius 1 is 1.32 bits per heavy atom. The molecule has 19 heavy (non-hydrogen) atoms. The van der Waals surface area contributed by atoms with Gasteiger partial charge in [-0.1, -0.05) is 29.8 Å². The highest BCUT2D eigenvalue weighted by atomic mass is 32.2. The monoisotopic (exact) mass is 278 g/mol. The van der Waals surface area contributed by atoms with Crippen molar-refractivity contribution in [3.8, 4) is 0 Å². The molecule has 3 nitrogen and oxygen atoms in total. The van der Waals surface area contributed by atoms with Gasteiger partial charge in [0.25, 0.3) is 0 Å². The van der Waals surface area contributed by atoms with Gasteiger partial charge in [0, 0.05) is 24.6 Å². The third-order valence-electron chi connectivity index (χ3n) is 3.43. The van der Waals surface area contributed by atoms with E-state index in [1.165, 1.54) is 5.56 Å². The van der Waals surface area contributed by atoms with E-state index in [0.717, 1.165) is 30.2 Å². The molecule has 0 saturated carbocycles. The van der Waals surface area contributed by atoms with Crippen LogP contribution in [0.1, 0.15) is 17.2 Å². The molecule has 1 heterocycles. The number of amides is 1. The van der Waals surface area contributed by atoms with Crippen LogP contribution < -0.4 is 0 Å². The Kier molecular flexibility index (Phi) is 4.88. The fourth-order valence-electron chi connectivity index (χ4n) is 2.46. The third-order valence-corrected chi connectivity index (χ3v) is 4.37. The molecule has 1 fully saturated rings. The van der Waals surface area contributed by atoms with Crippen molar-refractivity contribution in [2.24, 2.45) is 0 Å². The molecule has 0 radical (unpaired) electrons. The highest BCUT2D eigenvalue weighted by molar-refractivity contribution is 7.99. The van der Waals surface area contributed by atoms with Gasteiger partial charge in [-0.25, -0.2) is 0 Å². The molecule has 1 aliphatic heterocycles. The molecule has 0 bridgehead atoms. The van der Waals surface area contributed by atoms with E-state index in [1.54, 1.807) is 0 Å². The molecule has 1 atom stereocenters. The maximum atomic E-state index is 12.7. The molecule has 104 valence electrons. The number of likely N-dealkylation sites (N-methyl/N-ethyl adjacent to an activating group) is 1. The molecule has 2 rings (SSSR count). The quantitative estimate of drug-likeness (QED) is 0.846. The minimum atomic E-state index is -0.164. The van der Waals surface area contributed by atoms with E-state index >= 15 is 0 Å². The second-order valence-electron chi connectivity index (χ2n) is 5.22. The first-order chi connectivity index (χ1) is 9.09. The topological polar surface area (TPSA) is 23.6 Å². The van der Waals surface area contributed by atoms with Crippen LogP contribution in [0.2, 0.25) is 0 Å². The van der Waals surface area contributed by atoms with E-state index in [9.17, 15) is 4.79 Å². The van der Waals surface area contributed by atoms with Crippen LogP contribution in [-0.2, 0) is 4.79 Å². The van der Waals surface area contributed by atoms with Crippen LogP contribution in [-0.4, -0.2) is 54.4 Å². The number of hydrogen-bond acceptors (Lipinski definition) is 3. The Labute approximate surface area is 120 Å². The average molecular weight is 278 g/mol. The van der Waals surface area contributed by atoms with Gasteiger partial charge in [-0.3, -0.25) is 9.69 Å². The van der Waals surface area contributed by atoms with Gasteiger partial charge in [0.1, 0.15) is 6.04 Å². The van der Waals surface area contributed by atoms with Crippen LogP contribution in [0.15, 0.2) is 24.3 Å². The fourth-order valence-corrected chi connectivity index (χ4v) is 3.36. The van der Waals surface area contributed by atoms with Crippen molar-refractivity contribution in [3.63, 3.8) is 0 Å². The third kappa shape index (κ3) is 3.51. The number of carbonyl (C=O) groups is 1. The Hall–Kier alpha value is -1.00. The molecule has 0 aromatic heterocycles. The Bertz CT molecular complexity index is 442. The Balaban J connectivity index is 2.22. The number of aryl methyl sites for hydroxylation is 1. The molecule has 0 aliphatic carbocycles. The first kappa shape index (κ1) is 14.4. The van der Waals surface area contributed by atoms with E-state index in [-0.39, 0.29) is 11.9 Å². The summed E-state index contributed by atoms with van der Waals surface area (Å²) >= 11 is 1.93. The molecular weight excluding hydrogens is 256 g/mol. The number of carbonyl (C=O) groups excluding carboxylic acids is 1. The molecule has 0 spiro atoms. The predicted molar refractivity (Wildman–Crippen MR) is 81.5 cm³/mol. The minimum absolute atomic E-state index is 0.164. The van der Waals surface area contributed by atoms with Gasteiger partial charge < -0.3 is 4.90 Å². The van der Waals surface area contributed by atoms with Crippen molar-refractivity contribution in [2.45, 2.75) is 13.0 Å². The number of rotatable bonds is 3. The van der Waals surface area contributed by atoms with Gasteiger partial charge >= 0.3 is 0 Å². The first-order valence-electron chi connectivity index (χ1n) is 6.69. The lowest BCUT2D eigenvalue weighted by atomic mass is 10.0. The zero-order valence-electron chi connectivity index (χ0n) is 11.9. The summed E-state index contributed by atoms with van der Waals surface area (Å²) in [6, 6.07) is 8.09. The van der Waals surface area contributed by atoms with E-state index in [1.807, 2.05) is 47.8 Å². The molecule has 0 N–H and O–H groups in total. The smallest absolute Gasteiger partial charge is 0.244 e. The highest BCUT2D eigenvalue weighted by Gasteiger charge is 2.28. The predicted octanol–water partition coefficient (Wildman–Crippen LogP) is 2.17. The van der Waals surface area contributed by atoms with Crippen LogP contribution in [0.5, 0.6) is 0 Å². The lowest BCUT2D eigenvalue weighted by Crippen LogP contribution is -2.44. The molecule has 4 heteroatoms. The van der Waals surface area contributed by atoms with Gasteiger partial charge in [-0.05, 0) is 26.6 Å². The van der Waals surface area contributed by atoms with E-state index < -0.39 is 0 Å². The summed E-state index contributed by atoms with van der Waals surface area (Å²) in [4.78, 5) is 16.7. The molecule has 1 unspecified atom stereocenters. The van der Waals surface area contributed by atoms with E-state index in [2.05, 4.69) is 19.1 Å². The second kappa shape index (κ2) is 6.44. The van der Waals surface area contributed by atoms with Crippen molar-refractivity contribution in [3.05, 3.63) is 35.4 Å². The molecule has 1 aromatic carbocycles. The first-order valence-corrected chi connectivity index (χ1v) is 7.84. The van der Waals surface area contributed by atoms with Gasteiger partial charge in [-0.2, -0.15) is 11.8 Å². The Morgan fingerprint density at radius 2 is 2.00 bits per heavy atom. The molecular formula is C15H22N2OS. The molecule has 1 aliphatic rings. The van der Waals surface area contributed by atoms with Crippen molar-refractivity contribution < 1.29 is 4.79 Å². The molecule has 1 saturated heterocycles. The average Bonchev–Trinajstić information content (AvgIpc) is 2.39. The maximum absolute atomic E-state index is 12.7. The van der Waals surface area contributed by atoms with Crippen LogP contribution in [0.3, 0.4) is 0 Å². The summed E-state index contributed by atoms with van der Waals surface area (Å²) in [6.45, 7) is 3.82. The summed E-state index contributed by atoms with van der Waals surface area (Å²) in [6.07, 6.45) is 0. The van der Waals surface area contributed by atoms with Crippen LogP contribution in [0, 0.1) is 6.92 Å². The number of benzene rings is 1. The summed E-state index contributed by atoms with van der Waals surface area (Å²) in [5, 5.41) is 0. The molecule has 1 aromatic rings. The molecule has 1 amide bonds. The lowest BCUT2D eigenvalue weighted by molar-refractivity contribution is -0.136. The van der Waals surface area contributed by atoms with Gasteiger partial charge in [0.15, 0.2) is 0 Å². The summed E-state index contributed by atoms with van der Waals surface area (Å²) in [5.41, 5.74) is 2.29. The van der Waals surface area contributed by atoms with Crippen molar-refractivity contribution in [2.75, 3.05) is 38.7 Å². The van der Waals surface area contributed by atoms with Gasteiger partial charge in [0.2, 0.25) is 5.91 Å². The number of nitrogens with zero attached hydrogens (tertiary/aromatic N) is 2. The normalized spacial score (nSPS) is 17.6. The SMILES string of the molecule is Cc1cccc(C(C(=O)N2CCSCC2)N(C)C)c1. The van der Waals surface area contributed by atoms with E-state index in [0.29, 0.717) is 0 Å². The maximum Gasteiger partial charge on any atom is 0.244 e. The number of thioether (sulfide) groups is 1. The zero-order valence-corrected chi connectivity index (χ0v) is 12.7. The highest BCUT2D eigenvalue weighted by Crippen LogP contribution is 2.23. The van der Waals surface area contributed by atoms with Crippen molar-refractivity contribution in [1.82, 2.24) is 9.80 Å². The largest absolute Gasteiger partial charge is 0.339 e. The number of hydrogen-bond donors (Lipinski definition) is 0. The minimum Gasteiger partial charge on any atom is -0.339 e. The fraction of sp³-hybridized carbons (Fsp3) is 0.533. The van der Waals surface area contributed by atoms with Crippen LogP contribution in [0.25, 0.3) is 0 Å². The Morgan fingerprint density at radius 3 is 2.58 bits per heavy atom. The van der Waals surface area contributed by atoms with Crippen LogP contribution in [0.4, 0.5) is 0 Å². The second-order valence-corrected chi connectivity index (χ2v) is 6.44. The van der Waals surface area contributed by atoms with Gasteiger partial charge in [-0.15, -0.1) is 0 Å². The summed E-state index contributed by atoms with van der Waals surface area (Å²) < 4.78 is 0. The van der Waals surface area contributed by atoms with Gasteiger partial charge in [0.05, 0.1) is 0 Å². The summed E-state index contributed by atoms with van der Waals surface area (Å²) in [5.74, 6) is 2.34. The lowest BCUT2D eigenvalue weighted by Gasteiger charge is -2.33. The van der Waals surface area contributed by atoms with Crippen molar-refractivity contribution in [1.29, 1.82) is 0 Å².